The number of ether oxygens (including phenoxy) is 1. The lowest BCUT2D eigenvalue weighted by atomic mass is 9.89. The summed E-state index contributed by atoms with van der Waals surface area (Å²) in [5.41, 5.74) is 2.71. The van der Waals surface area contributed by atoms with Crippen molar-refractivity contribution in [2.24, 2.45) is 5.92 Å². The van der Waals surface area contributed by atoms with Gasteiger partial charge in [-0.2, -0.15) is 0 Å². The highest BCUT2D eigenvalue weighted by Gasteiger charge is 2.48. The fraction of sp³-hybridized carbons (Fsp3) is 0.185. The second kappa shape index (κ2) is 8.94. The van der Waals surface area contributed by atoms with Gasteiger partial charge in [0.2, 0.25) is 11.9 Å². The van der Waals surface area contributed by atoms with Crippen molar-refractivity contribution in [2.75, 3.05) is 18.1 Å². The van der Waals surface area contributed by atoms with Crippen molar-refractivity contribution >= 4 is 34.6 Å². The number of para-hydroxylation sites is 2. The Bertz CT molecular complexity index is 1360. The van der Waals surface area contributed by atoms with E-state index in [0.717, 1.165) is 11.1 Å². The van der Waals surface area contributed by atoms with Crippen LogP contribution in [0.15, 0.2) is 84.9 Å². The van der Waals surface area contributed by atoms with E-state index in [9.17, 15) is 14.4 Å². The van der Waals surface area contributed by atoms with E-state index in [1.54, 1.807) is 31.2 Å². The molecule has 1 amide bonds. The normalized spacial score (nSPS) is 17.4. The summed E-state index contributed by atoms with van der Waals surface area (Å²) in [7, 11) is 0. The number of fused-ring (bicyclic) bond motifs is 3. The maximum absolute atomic E-state index is 13.9. The molecule has 1 aliphatic heterocycles. The molecule has 0 unspecified atom stereocenters. The number of amides is 1. The third-order valence-corrected chi connectivity index (χ3v) is 6.02. The molecular formula is C27H23N3O4. The third-order valence-electron chi connectivity index (χ3n) is 6.02. The number of anilines is 1. The summed E-state index contributed by atoms with van der Waals surface area (Å²) in [5, 5.41) is 0. The number of hydrogen-bond donors (Lipinski definition) is 0. The first-order valence-electron chi connectivity index (χ1n) is 11.2. The van der Waals surface area contributed by atoms with E-state index in [1.807, 2.05) is 65.2 Å². The van der Waals surface area contributed by atoms with Crippen LogP contribution in [0.2, 0.25) is 0 Å². The molecule has 1 aromatic heterocycles. The van der Waals surface area contributed by atoms with Crippen molar-refractivity contribution in [3.05, 3.63) is 96.1 Å². The van der Waals surface area contributed by atoms with Gasteiger partial charge in [-0.3, -0.25) is 19.3 Å². The standard InChI is InChI=1S/C27H23N3O4/c1-2-34-26(33)23-24(19-13-7-4-8-14-19)30-21-16-10-9-15-20(21)28-27(30)29(25(23)32)17-22(31)18-11-5-3-6-12-18/h3-16,23-24H,2,17H2,1H3/t23-,24+/m0/s1. The topological polar surface area (TPSA) is 81.5 Å². The van der Waals surface area contributed by atoms with Gasteiger partial charge in [-0.05, 0) is 24.6 Å². The molecule has 170 valence electrons. The molecule has 0 saturated heterocycles. The number of ketones is 1. The van der Waals surface area contributed by atoms with Crippen LogP contribution in [0.1, 0.15) is 28.9 Å². The summed E-state index contributed by atoms with van der Waals surface area (Å²) in [4.78, 5) is 46.1. The third kappa shape index (κ3) is 3.65. The first kappa shape index (κ1) is 21.6. The lowest BCUT2D eigenvalue weighted by Gasteiger charge is -2.37. The van der Waals surface area contributed by atoms with Crippen LogP contribution in [0.4, 0.5) is 5.95 Å². The molecule has 0 spiro atoms. The molecule has 1 aliphatic rings. The molecule has 0 fully saturated rings. The predicted octanol–water partition coefficient (Wildman–Crippen LogP) is 4.03. The maximum Gasteiger partial charge on any atom is 0.321 e. The monoisotopic (exact) mass is 453 g/mol. The van der Waals surface area contributed by atoms with Crippen molar-refractivity contribution in [3.63, 3.8) is 0 Å². The van der Waals surface area contributed by atoms with E-state index in [2.05, 4.69) is 0 Å². The zero-order chi connectivity index (χ0) is 23.7. The molecule has 7 heteroatoms. The fourth-order valence-electron chi connectivity index (χ4n) is 4.51. The van der Waals surface area contributed by atoms with Crippen LogP contribution in [0.3, 0.4) is 0 Å². The minimum Gasteiger partial charge on any atom is -0.465 e. The number of esters is 1. The Balaban J connectivity index is 1.70. The molecule has 2 atom stereocenters. The predicted molar refractivity (Wildman–Crippen MR) is 128 cm³/mol. The number of carbonyl (C=O) groups excluding carboxylic acids is 3. The number of carbonyl (C=O) groups is 3. The van der Waals surface area contributed by atoms with Gasteiger partial charge in [0.05, 0.1) is 30.2 Å². The minimum atomic E-state index is -1.16. The van der Waals surface area contributed by atoms with Gasteiger partial charge in [-0.1, -0.05) is 72.8 Å². The Morgan fingerprint density at radius 2 is 1.56 bits per heavy atom. The molecule has 0 radical (unpaired) electrons. The Morgan fingerprint density at radius 3 is 2.26 bits per heavy atom. The molecule has 2 heterocycles. The fourth-order valence-corrected chi connectivity index (χ4v) is 4.51. The summed E-state index contributed by atoms with van der Waals surface area (Å²) in [6, 6.07) is 25.0. The molecule has 0 saturated carbocycles. The number of hydrogen-bond acceptors (Lipinski definition) is 5. The SMILES string of the molecule is CCOC(=O)[C@@H]1C(=O)N(CC(=O)c2ccccc2)c2nc3ccccc3n2[C@@H]1c1ccccc1. The van der Waals surface area contributed by atoms with E-state index >= 15 is 0 Å². The molecule has 0 aliphatic carbocycles. The van der Waals surface area contributed by atoms with Crippen molar-refractivity contribution in [2.45, 2.75) is 13.0 Å². The molecule has 7 nitrogen and oxygen atoms in total. The highest BCUT2D eigenvalue weighted by atomic mass is 16.5. The minimum absolute atomic E-state index is 0.143. The van der Waals surface area contributed by atoms with Crippen molar-refractivity contribution < 1.29 is 19.1 Å². The van der Waals surface area contributed by atoms with Gasteiger partial charge < -0.3 is 9.30 Å². The maximum atomic E-state index is 13.9. The van der Waals surface area contributed by atoms with Gasteiger partial charge >= 0.3 is 5.97 Å². The Morgan fingerprint density at radius 1 is 0.912 bits per heavy atom. The van der Waals surface area contributed by atoms with Crippen LogP contribution in [0, 0.1) is 5.92 Å². The highest BCUT2D eigenvalue weighted by molar-refractivity contribution is 6.12. The lowest BCUT2D eigenvalue weighted by molar-refractivity contribution is -0.153. The smallest absolute Gasteiger partial charge is 0.321 e. The van der Waals surface area contributed by atoms with Crippen LogP contribution in [-0.2, 0) is 14.3 Å². The Labute approximate surface area is 196 Å². The number of Topliss-reactive ketones (excluding diaryl/α,β-unsaturated/α-hetero) is 1. The van der Waals surface area contributed by atoms with Crippen LogP contribution in [0.5, 0.6) is 0 Å². The number of aromatic nitrogens is 2. The molecule has 4 aromatic rings. The van der Waals surface area contributed by atoms with Crippen molar-refractivity contribution in [3.8, 4) is 0 Å². The Hall–Kier alpha value is -4.26. The lowest BCUT2D eigenvalue weighted by Crippen LogP contribution is -2.51. The first-order valence-corrected chi connectivity index (χ1v) is 11.2. The molecular weight excluding hydrogens is 430 g/mol. The largest absolute Gasteiger partial charge is 0.465 e. The quantitative estimate of drug-likeness (QED) is 0.250. The summed E-state index contributed by atoms with van der Waals surface area (Å²) in [5.74, 6) is -2.18. The number of nitrogens with zero attached hydrogens (tertiary/aromatic N) is 3. The average Bonchev–Trinajstić information content (AvgIpc) is 3.25. The van der Waals surface area contributed by atoms with E-state index < -0.39 is 23.8 Å². The second-order valence-corrected chi connectivity index (χ2v) is 8.07. The van der Waals surface area contributed by atoms with Gasteiger partial charge in [0.25, 0.3) is 0 Å². The van der Waals surface area contributed by atoms with Crippen LogP contribution >= 0.6 is 0 Å². The zero-order valence-corrected chi connectivity index (χ0v) is 18.6. The van der Waals surface area contributed by atoms with Crippen molar-refractivity contribution in [1.29, 1.82) is 0 Å². The number of benzene rings is 3. The zero-order valence-electron chi connectivity index (χ0n) is 18.6. The second-order valence-electron chi connectivity index (χ2n) is 8.07. The van der Waals surface area contributed by atoms with Gasteiger partial charge in [0, 0.05) is 5.56 Å². The van der Waals surface area contributed by atoms with Crippen LogP contribution < -0.4 is 4.90 Å². The molecule has 34 heavy (non-hydrogen) atoms. The first-order chi connectivity index (χ1) is 16.6. The molecule has 0 N–H and O–H groups in total. The summed E-state index contributed by atoms with van der Waals surface area (Å²) < 4.78 is 7.22. The van der Waals surface area contributed by atoms with Gasteiger partial charge in [-0.15, -0.1) is 0 Å². The van der Waals surface area contributed by atoms with Crippen LogP contribution in [-0.4, -0.2) is 40.4 Å². The number of imidazole rings is 1. The number of rotatable bonds is 6. The highest BCUT2D eigenvalue weighted by Crippen LogP contribution is 2.41. The molecule has 5 rings (SSSR count). The Kier molecular flexibility index (Phi) is 5.67. The molecule has 3 aromatic carbocycles. The van der Waals surface area contributed by atoms with Gasteiger partial charge in [-0.25, -0.2) is 4.98 Å². The van der Waals surface area contributed by atoms with Gasteiger partial charge in [0.15, 0.2) is 11.7 Å². The average molecular weight is 453 g/mol. The van der Waals surface area contributed by atoms with E-state index in [4.69, 9.17) is 9.72 Å². The van der Waals surface area contributed by atoms with E-state index in [-0.39, 0.29) is 18.9 Å². The van der Waals surface area contributed by atoms with Crippen molar-refractivity contribution in [1.82, 2.24) is 9.55 Å². The molecule has 0 bridgehead atoms. The summed E-state index contributed by atoms with van der Waals surface area (Å²) >= 11 is 0. The summed E-state index contributed by atoms with van der Waals surface area (Å²) in [6.45, 7) is 1.62. The van der Waals surface area contributed by atoms with E-state index in [1.165, 1.54) is 4.90 Å². The van der Waals surface area contributed by atoms with E-state index in [0.29, 0.717) is 17.0 Å². The summed E-state index contributed by atoms with van der Waals surface area (Å²) in [6.07, 6.45) is 0. The van der Waals surface area contributed by atoms with Gasteiger partial charge in [0.1, 0.15) is 0 Å². The van der Waals surface area contributed by atoms with Crippen LogP contribution in [0.25, 0.3) is 11.0 Å².